The minimum atomic E-state index is 0.665. The van der Waals surface area contributed by atoms with Crippen LogP contribution in [0.25, 0.3) is 0 Å². The first kappa shape index (κ1) is 10.8. The van der Waals surface area contributed by atoms with E-state index in [0.29, 0.717) is 6.04 Å². The minimum absolute atomic E-state index is 0.665. The molecule has 1 N–H and O–H groups in total. The third kappa shape index (κ3) is 4.47. The van der Waals surface area contributed by atoms with Crippen LogP contribution in [0, 0.1) is 5.92 Å². The lowest BCUT2D eigenvalue weighted by atomic mass is 9.83. The van der Waals surface area contributed by atoms with Crippen molar-refractivity contribution in [1.29, 1.82) is 0 Å². The lowest BCUT2D eigenvalue weighted by Gasteiger charge is -2.26. The van der Waals surface area contributed by atoms with E-state index in [9.17, 15) is 0 Å². The second-order valence-electron chi connectivity index (χ2n) is 4.31. The van der Waals surface area contributed by atoms with Crippen molar-refractivity contribution in [3.63, 3.8) is 0 Å². The van der Waals surface area contributed by atoms with E-state index in [-0.39, 0.29) is 0 Å². The Kier molecular flexibility index (Phi) is 5.14. The third-order valence-corrected chi connectivity index (χ3v) is 3.07. The Balaban J connectivity index is 1.88. The highest BCUT2D eigenvalue weighted by atomic mass is 14.9. The SMILES string of the molecule is C=CCCC(C)NCCC1CCC1. The smallest absolute Gasteiger partial charge is 0.00416 e. The van der Waals surface area contributed by atoms with Gasteiger partial charge in [0.05, 0.1) is 0 Å². The molecule has 1 rings (SSSR count). The summed E-state index contributed by atoms with van der Waals surface area (Å²) in [5.74, 6) is 1.04. The molecular weight excluding hydrogens is 158 g/mol. The van der Waals surface area contributed by atoms with E-state index < -0.39 is 0 Å². The van der Waals surface area contributed by atoms with Crippen LogP contribution in [0.2, 0.25) is 0 Å². The molecule has 0 aliphatic heterocycles. The highest BCUT2D eigenvalue weighted by molar-refractivity contribution is 4.73. The first-order valence-corrected chi connectivity index (χ1v) is 5.67. The quantitative estimate of drug-likeness (QED) is 0.595. The summed E-state index contributed by atoms with van der Waals surface area (Å²) in [6.07, 6.45) is 10.2. The van der Waals surface area contributed by atoms with Gasteiger partial charge in [0.2, 0.25) is 0 Å². The van der Waals surface area contributed by atoms with Gasteiger partial charge in [-0.05, 0) is 38.6 Å². The van der Waals surface area contributed by atoms with Crippen LogP contribution in [0.15, 0.2) is 12.7 Å². The van der Waals surface area contributed by atoms with Crippen molar-refractivity contribution in [2.45, 2.75) is 51.5 Å². The molecule has 0 aromatic heterocycles. The molecule has 0 radical (unpaired) electrons. The Hall–Kier alpha value is -0.300. The average Bonchev–Trinajstić information content (AvgIpc) is 2.06. The maximum Gasteiger partial charge on any atom is 0.00416 e. The van der Waals surface area contributed by atoms with Gasteiger partial charge in [-0.2, -0.15) is 0 Å². The van der Waals surface area contributed by atoms with Crippen molar-refractivity contribution in [3.8, 4) is 0 Å². The summed E-state index contributed by atoms with van der Waals surface area (Å²) in [5.41, 5.74) is 0. The number of allylic oxidation sites excluding steroid dienone is 1. The third-order valence-electron chi connectivity index (χ3n) is 3.07. The summed E-state index contributed by atoms with van der Waals surface area (Å²) in [4.78, 5) is 0. The average molecular weight is 181 g/mol. The van der Waals surface area contributed by atoms with Crippen LogP contribution >= 0.6 is 0 Å². The van der Waals surface area contributed by atoms with Gasteiger partial charge >= 0.3 is 0 Å². The largest absolute Gasteiger partial charge is 0.314 e. The summed E-state index contributed by atoms with van der Waals surface area (Å²) < 4.78 is 0. The number of rotatable bonds is 7. The second-order valence-corrected chi connectivity index (χ2v) is 4.31. The molecule has 1 nitrogen and oxygen atoms in total. The van der Waals surface area contributed by atoms with E-state index in [4.69, 9.17) is 0 Å². The summed E-state index contributed by atoms with van der Waals surface area (Å²) in [7, 11) is 0. The van der Waals surface area contributed by atoms with Gasteiger partial charge < -0.3 is 5.32 Å². The highest BCUT2D eigenvalue weighted by Gasteiger charge is 2.16. The predicted octanol–water partition coefficient (Wildman–Crippen LogP) is 3.12. The van der Waals surface area contributed by atoms with Crippen molar-refractivity contribution >= 4 is 0 Å². The van der Waals surface area contributed by atoms with E-state index >= 15 is 0 Å². The van der Waals surface area contributed by atoms with E-state index in [1.165, 1.54) is 38.6 Å². The number of hydrogen-bond acceptors (Lipinski definition) is 1. The molecule has 1 saturated carbocycles. The van der Waals surface area contributed by atoms with Crippen LogP contribution < -0.4 is 5.32 Å². The van der Waals surface area contributed by atoms with Crippen LogP contribution in [0.5, 0.6) is 0 Å². The zero-order valence-corrected chi connectivity index (χ0v) is 8.89. The molecule has 0 saturated heterocycles. The molecule has 0 amide bonds. The molecule has 1 atom stereocenters. The highest BCUT2D eigenvalue weighted by Crippen LogP contribution is 2.28. The van der Waals surface area contributed by atoms with E-state index in [2.05, 4.69) is 18.8 Å². The summed E-state index contributed by atoms with van der Waals surface area (Å²) in [6, 6.07) is 0.665. The standard InChI is InChI=1S/C12H23N/c1-3-4-6-11(2)13-10-9-12-7-5-8-12/h3,11-13H,1,4-10H2,2H3. The number of hydrogen-bond donors (Lipinski definition) is 1. The Morgan fingerprint density at radius 3 is 2.85 bits per heavy atom. The van der Waals surface area contributed by atoms with Crippen LogP contribution in [0.4, 0.5) is 0 Å². The number of nitrogens with one attached hydrogen (secondary N) is 1. The van der Waals surface area contributed by atoms with Crippen molar-refractivity contribution in [3.05, 3.63) is 12.7 Å². The minimum Gasteiger partial charge on any atom is -0.314 e. The molecular formula is C12H23N. The van der Waals surface area contributed by atoms with E-state index in [0.717, 1.165) is 12.3 Å². The maximum absolute atomic E-state index is 3.74. The maximum atomic E-state index is 3.74. The predicted molar refractivity (Wildman–Crippen MR) is 58.9 cm³/mol. The van der Waals surface area contributed by atoms with Gasteiger partial charge in [-0.3, -0.25) is 0 Å². The molecule has 0 aromatic carbocycles. The van der Waals surface area contributed by atoms with Gasteiger partial charge in [0.15, 0.2) is 0 Å². The Morgan fingerprint density at radius 1 is 1.54 bits per heavy atom. The Bertz CT molecular complexity index is 138. The summed E-state index contributed by atoms with van der Waals surface area (Å²) in [5, 5.41) is 3.57. The van der Waals surface area contributed by atoms with Crippen molar-refractivity contribution < 1.29 is 0 Å². The van der Waals surface area contributed by atoms with Crippen LogP contribution in [0.1, 0.15) is 45.4 Å². The fourth-order valence-electron chi connectivity index (χ4n) is 1.79. The molecule has 0 spiro atoms. The summed E-state index contributed by atoms with van der Waals surface area (Å²) in [6.45, 7) is 7.22. The fourth-order valence-corrected chi connectivity index (χ4v) is 1.79. The first-order valence-electron chi connectivity index (χ1n) is 5.67. The van der Waals surface area contributed by atoms with Crippen molar-refractivity contribution in [1.82, 2.24) is 5.32 Å². The van der Waals surface area contributed by atoms with Crippen molar-refractivity contribution in [2.24, 2.45) is 5.92 Å². The van der Waals surface area contributed by atoms with Gasteiger partial charge in [0.1, 0.15) is 0 Å². The van der Waals surface area contributed by atoms with Crippen LogP contribution in [0.3, 0.4) is 0 Å². The Morgan fingerprint density at radius 2 is 2.31 bits per heavy atom. The van der Waals surface area contributed by atoms with E-state index in [1.54, 1.807) is 0 Å². The molecule has 1 aliphatic carbocycles. The second kappa shape index (κ2) is 6.20. The molecule has 0 aromatic rings. The molecule has 1 aliphatic rings. The van der Waals surface area contributed by atoms with Gasteiger partial charge in [-0.15, -0.1) is 6.58 Å². The zero-order chi connectivity index (χ0) is 9.52. The van der Waals surface area contributed by atoms with E-state index in [1.807, 2.05) is 6.08 Å². The van der Waals surface area contributed by atoms with Gasteiger partial charge in [0.25, 0.3) is 0 Å². The normalized spacial score (nSPS) is 19.5. The summed E-state index contributed by atoms with van der Waals surface area (Å²) >= 11 is 0. The topological polar surface area (TPSA) is 12.0 Å². The van der Waals surface area contributed by atoms with Crippen molar-refractivity contribution in [2.75, 3.05) is 6.54 Å². The molecule has 0 heterocycles. The fraction of sp³-hybridized carbons (Fsp3) is 0.833. The molecule has 76 valence electrons. The first-order chi connectivity index (χ1) is 6.33. The van der Waals surface area contributed by atoms with Crippen LogP contribution in [-0.4, -0.2) is 12.6 Å². The molecule has 0 bridgehead atoms. The molecule has 1 fully saturated rings. The van der Waals surface area contributed by atoms with Gasteiger partial charge in [-0.1, -0.05) is 25.3 Å². The lowest BCUT2D eigenvalue weighted by molar-refractivity contribution is 0.287. The zero-order valence-electron chi connectivity index (χ0n) is 8.89. The molecule has 1 unspecified atom stereocenters. The van der Waals surface area contributed by atoms with Gasteiger partial charge in [-0.25, -0.2) is 0 Å². The molecule has 1 heteroatoms. The Labute approximate surface area is 82.6 Å². The monoisotopic (exact) mass is 181 g/mol. The van der Waals surface area contributed by atoms with Crippen LogP contribution in [-0.2, 0) is 0 Å². The lowest BCUT2D eigenvalue weighted by Crippen LogP contribution is -2.29. The molecule has 13 heavy (non-hydrogen) atoms. The van der Waals surface area contributed by atoms with Gasteiger partial charge in [0, 0.05) is 6.04 Å².